The summed E-state index contributed by atoms with van der Waals surface area (Å²) >= 11 is 0. The summed E-state index contributed by atoms with van der Waals surface area (Å²) < 4.78 is 1.98. The van der Waals surface area contributed by atoms with Gasteiger partial charge in [0, 0.05) is 11.8 Å². The molecule has 0 atom stereocenters. The molecule has 0 aliphatic heterocycles. The maximum atomic E-state index is 4.80. The van der Waals surface area contributed by atoms with E-state index in [1.807, 2.05) is 40.9 Å². The van der Waals surface area contributed by atoms with Gasteiger partial charge in [-0.2, -0.15) is 0 Å². The molecule has 2 aromatic carbocycles. The molecule has 4 heteroatoms. The third-order valence-corrected chi connectivity index (χ3v) is 4.89. The fourth-order valence-electron chi connectivity index (χ4n) is 3.06. The van der Waals surface area contributed by atoms with E-state index in [4.69, 9.17) is 4.98 Å². The van der Waals surface area contributed by atoms with Crippen LogP contribution in [-0.2, 0) is 6.42 Å². The Morgan fingerprint density at radius 2 is 1.70 bits per heavy atom. The predicted octanol–water partition coefficient (Wildman–Crippen LogP) is 6.60. The lowest BCUT2D eigenvalue weighted by Crippen LogP contribution is -1.84. The van der Waals surface area contributed by atoms with Crippen LogP contribution in [0.4, 0.5) is 11.5 Å². The van der Waals surface area contributed by atoms with Gasteiger partial charge >= 0.3 is 0 Å². The molecule has 0 saturated heterocycles. The predicted molar refractivity (Wildman–Crippen MR) is 110 cm³/mol. The minimum atomic E-state index is 0.744. The lowest BCUT2D eigenvalue weighted by Gasteiger charge is -2.04. The quantitative estimate of drug-likeness (QED) is 0.381. The van der Waals surface area contributed by atoms with Gasteiger partial charge in [0.05, 0.1) is 5.69 Å². The molecule has 4 aromatic rings. The summed E-state index contributed by atoms with van der Waals surface area (Å²) in [4.78, 5) is 4.80. The average Bonchev–Trinajstić information content (AvgIpc) is 3.07. The van der Waals surface area contributed by atoms with Crippen LogP contribution in [0.25, 0.3) is 16.9 Å². The van der Waals surface area contributed by atoms with Gasteiger partial charge in [0.2, 0.25) is 0 Å². The van der Waals surface area contributed by atoms with Crippen LogP contribution in [0, 0.1) is 13.8 Å². The second kappa shape index (κ2) is 7.16. The minimum Gasteiger partial charge on any atom is -0.283 e. The Hall–Kier alpha value is -3.27. The second-order valence-corrected chi connectivity index (χ2v) is 6.73. The van der Waals surface area contributed by atoms with Crippen molar-refractivity contribution in [1.82, 2.24) is 9.38 Å². The van der Waals surface area contributed by atoms with Gasteiger partial charge in [-0.3, -0.25) is 4.40 Å². The van der Waals surface area contributed by atoms with Gasteiger partial charge in [-0.1, -0.05) is 37.3 Å². The van der Waals surface area contributed by atoms with Crippen LogP contribution in [-0.4, -0.2) is 9.38 Å². The first-order valence-electron chi connectivity index (χ1n) is 9.21. The number of azo groups is 1. The van der Waals surface area contributed by atoms with Crippen molar-refractivity contribution in [1.29, 1.82) is 0 Å². The molecule has 4 nitrogen and oxygen atoms in total. The normalized spacial score (nSPS) is 11.5. The summed E-state index contributed by atoms with van der Waals surface area (Å²) in [7, 11) is 0. The number of fused-ring (bicyclic) bond motifs is 1. The molecular weight excluding hydrogens is 332 g/mol. The molecule has 27 heavy (non-hydrogen) atoms. The summed E-state index contributed by atoms with van der Waals surface area (Å²) in [5.74, 6) is 0.744. The van der Waals surface area contributed by atoms with Crippen LogP contribution >= 0.6 is 0 Å². The fourth-order valence-corrected chi connectivity index (χ4v) is 3.06. The molecule has 0 saturated carbocycles. The number of imidazole rings is 1. The van der Waals surface area contributed by atoms with E-state index >= 15 is 0 Å². The van der Waals surface area contributed by atoms with E-state index in [0.717, 1.165) is 34.8 Å². The van der Waals surface area contributed by atoms with Gasteiger partial charge in [0.25, 0.3) is 0 Å². The van der Waals surface area contributed by atoms with Gasteiger partial charge in [0.15, 0.2) is 5.82 Å². The Balaban J connectivity index is 1.82. The summed E-state index contributed by atoms with van der Waals surface area (Å²) in [5, 5.41) is 9.04. The van der Waals surface area contributed by atoms with Crippen molar-refractivity contribution in [2.24, 2.45) is 10.2 Å². The van der Waals surface area contributed by atoms with E-state index in [2.05, 4.69) is 61.3 Å². The number of nitrogens with zero attached hydrogens (tertiary/aromatic N) is 4. The van der Waals surface area contributed by atoms with Crippen molar-refractivity contribution in [3.63, 3.8) is 0 Å². The van der Waals surface area contributed by atoms with E-state index in [9.17, 15) is 0 Å². The zero-order valence-corrected chi connectivity index (χ0v) is 15.8. The molecule has 0 fully saturated rings. The fraction of sp³-hybridized carbons (Fsp3) is 0.174. The molecule has 4 rings (SSSR count). The highest BCUT2D eigenvalue weighted by molar-refractivity contribution is 5.75. The average molecular weight is 354 g/mol. The first-order valence-corrected chi connectivity index (χ1v) is 9.21. The maximum absolute atomic E-state index is 4.80. The first kappa shape index (κ1) is 17.2. The Morgan fingerprint density at radius 1 is 0.889 bits per heavy atom. The molecule has 0 N–H and O–H groups in total. The van der Waals surface area contributed by atoms with Crippen molar-refractivity contribution < 1.29 is 0 Å². The van der Waals surface area contributed by atoms with Gasteiger partial charge in [-0.05, 0) is 67.3 Å². The molecule has 0 aliphatic carbocycles. The van der Waals surface area contributed by atoms with Crippen LogP contribution in [0.5, 0.6) is 0 Å². The number of aryl methyl sites for hydroxylation is 3. The maximum Gasteiger partial charge on any atom is 0.187 e. The molecule has 2 aromatic heterocycles. The number of benzene rings is 2. The standard InChI is InChI=1S/C23H22N4/c1-4-18-9-12-20(13-10-18)25-26-23-22(19-11-8-16(2)17(3)15-19)24-21-7-5-6-14-27(21)23/h5-15H,4H2,1-3H3. The molecule has 0 unspecified atom stereocenters. The summed E-state index contributed by atoms with van der Waals surface area (Å²) in [6, 6.07) is 20.5. The van der Waals surface area contributed by atoms with E-state index in [1.165, 1.54) is 16.7 Å². The third kappa shape index (κ3) is 3.38. The van der Waals surface area contributed by atoms with E-state index in [0.29, 0.717) is 0 Å². The van der Waals surface area contributed by atoms with Crippen LogP contribution in [0.3, 0.4) is 0 Å². The van der Waals surface area contributed by atoms with Crippen molar-refractivity contribution in [2.45, 2.75) is 27.2 Å². The number of pyridine rings is 1. The highest BCUT2D eigenvalue weighted by atomic mass is 15.2. The number of hydrogen-bond donors (Lipinski definition) is 0. The second-order valence-electron chi connectivity index (χ2n) is 6.73. The third-order valence-electron chi connectivity index (χ3n) is 4.89. The van der Waals surface area contributed by atoms with Crippen molar-refractivity contribution >= 4 is 17.2 Å². The van der Waals surface area contributed by atoms with Crippen LogP contribution in [0.1, 0.15) is 23.6 Å². The molecule has 0 aliphatic rings. The van der Waals surface area contributed by atoms with Crippen LogP contribution in [0.2, 0.25) is 0 Å². The topological polar surface area (TPSA) is 42.0 Å². The first-order chi connectivity index (χ1) is 13.2. The number of rotatable bonds is 4. The molecule has 0 radical (unpaired) electrons. The van der Waals surface area contributed by atoms with Crippen molar-refractivity contribution in [3.05, 3.63) is 83.6 Å². The zero-order chi connectivity index (χ0) is 18.8. The van der Waals surface area contributed by atoms with Crippen LogP contribution < -0.4 is 0 Å². The Bertz CT molecular complexity index is 1120. The minimum absolute atomic E-state index is 0.744. The Kier molecular flexibility index (Phi) is 4.55. The van der Waals surface area contributed by atoms with Gasteiger partial charge in [-0.25, -0.2) is 4.98 Å². The zero-order valence-electron chi connectivity index (χ0n) is 15.8. The molecule has 0 amide bonds. The monoisotopic (exact) mass is 354 g/mol. The van der Waals surface area contributed by atoms with Crippen LogP contribution in [0.15, 0.2) is 77.1 Å². The number of aromatic nitrogens is 2. The summed E-state index contributed by atoms with van der Waals surface area (Å²) in [5.41, 5.74) is 7.39. The number of hydrogen-bond acceptors (Lipinski definition) is 3. The lowest BCUT2D eigenvalue weighted by molar-refractivity contribution is 1.10. The van der Waals surface area contributed by atoms with Gasteiger partial charge in [0.1, 0.15) is 11.3 Å². The van der Waals surface area contributed by atoms with E-state index in [-0.39, 0.29) is 0 Å². The Morgan fingerprint density at radius 3 is 2.44 bits per heavy atom. The van der Waals surface area contributed by atoms with E-state index < -0.39 is 0 Å². The summed E-state index contributed by atoms with van der Waals surface area (Å²) in [6.45, 7) is 6.37. The van der Waals surface area contributed by atoms with Crippen molar-refractivity contribution in [3.8, 4) is 11.3 Å². The molecular formula is C23H22N4. The highest BCUT2D eigenvalue weighted by Gasteiger charge is 2.14. The molecule has 134 valence electrons. The van der Waals surface area contributed by atoms with Gasteiger partial charge in [-0.15, -0.1) is 10.2 Å². The van der Waals surface area contributed by atoms with Crippen molar-refractivity contribution in [2.75, 3.05) is 0 Å². The molecule has 2 heterocycles. The SMILES string of the molecule is CCc1ccc(N=Nc2c(-c3ccc(C)c(C)c3)nc3ccccn23)cc1. The smallest absolute Gasteiger partial charge is 0.187 e. The molecule has 0 bridgehead atoms. The largest absolute Gasteiger partial charge is 0.283 e. The lowest BCUT2D eigenvalue weighted by atomic mass is 10.0. The molecule has 0 spiro atoms. The summed E-state index contributed by atoms with van der Waals surface area (Å²) in [6.07, 6.45) is 2.99. The highest BCUT2D eigenvalue weighted by Crippen LogP contribution is 2.33. The Labute approximate surface area is 159 Å². The van der Waals surface area contributed by atoms with E-state index in [1.54, 1.807) is 0 Å². The van der Waals surface area contributed by atoms with Gasteiger partial charge < -0.3 is 0 Å².